The molecule has 3 N–H and O–H groups in total. The summed E-state index contributed by atoms with van der Waals surface area (Å²) in [4.78, 5) is 51.4. The third kappa shape index (κ3) is 6.98. The van der Waals surface area contributed by atoms with Crippen molar-refractivity contribution in [1.82, 2.24) is 25.4 Å². The number of rotatable bonds is 5. The van der Waals surface area contributed by atoms with Gasteiger partial charge in [-0.15, -0.1) is 0 Å². The molecule has 37 heavy (non-hydrogen) atoms. The Labute approximate surface area is 231 Å². The maximum atomic E-state index is 13.2. The first-order valence-electron chi connectivity index (χ1n) is 12.3. The number of aromatic nitrogens is 1. The number of piperidine rings is 1. The van der Waals surface area contributed by atoms with Crippen LogP contribution in [0.5, 0.6) is 0 Å². The molecular weight excluding hydrogens is 534 g/mol. The molecule has 10 nitrogen and oxygen atoms in total. The van der Waals surface area contributed by atoms with Crippen LogP contribution in [0.25, 0.3) is 0 Å². The molecule has 2 unspecified atom stereocenters. The minimum atomic E-state index is -0.477. The summed E-state index contributed by atoms with van der Waals surface area (Å²) in [6.45, 7) is 1.86. The number of likely N-dealkylation sites (tertiary alicyclic amines) is 1. The standard InChI is InChI=1S/C24H32ClN7O3S2/c1-31(2)24(35)13-4-6-15(27-20(33)22(36)30-19-7-5-14(25)11-26-19)17(10-13)28-21(34)23-29-16-8-9-32(3)12-18(16)37-23/h5,7,11,13,15-18H,4,6,8-10,12H2,1-3H3,(H,27,33)(H,28,34)(H,26,30,36)/t13-,15-,16?,17+,18?/m0/s1. The van der Waals surface area contributed by atoms with Crippen molar-refractivity contribution >= 4 is 69.2 Å². The number of hydrogen-bond acceptors (Lipinski definition) is 8. The number of nitrogens with zero attached hydrogens (tertiary/aromatic N) is 4. The summed E-state index contributed by atoms with van der Waals surface area (Å²) in [5.41, 5.74) is 0. The first kappa shape index (κ1) is 27.7. The Kier molecular flexibility index (Phi) is 9.04. The molecule has 1 aromatic heterocycles. The van der Waals surface area contributed by atoms with E-state index in [1.807, 2.05) is 0 Å². The summed E-state index contributed by atoms with van der Waals surface area (Å²) in [6, 6.07) is 2.59. The number of amides is 3. The van der Waals surface area contributed by atoms with E-state index in [1.54, 1.807) is 31.1 Å². The van der Waals surface area contributed by atoms with Gasteiger partial charge < -0.3 is 25.8 Å². The molecule has 0 aromatic carbocycles. The van der Waals surface area contributed by atoms with E-state index in [9.17, 15) is 14.4 Å². The highest BCUT2D eigenvalue weighted by atomic mass is 35.5. The smallest absolute Gasteiger partial charge is 0.279 e. The van der Waals surface area contributed by atoms with Crippen LogP contribution >= 0.6 is 35.6 Å². The van der Waals surface area contributed by atoms with Crippen LogP contribution in [-0.4, -0.2) is 100 Å². The number of carbonyl (C=O) groups is 3. The van der Waals surface area contributed by atoms with Crippen molar-refractivity contribution in [3.05, 3.63) is 23.4 Å². The molecule has 5 atom stereocenters. The van der Waals surface area contributed by atoms with Crippen LogP contribution < -0.4 is 16.0 Å². The highest BCUT2D eigenvalue weighted by Crippen LogP contribution is 2.33. The molecule has 3 amide bonds. The number of halogens is 1. The average molecular weight is 566 g/mol. The third-order valence-electron chi connectivity index (χ3n) is 6.92. The van der Waals surface area contributed by atoms with E-state index in [4.69, 9.17) is 28.8 Å². The van der Waals surface area contributed by atoms with E-state index >= 15 is 0 Å². The molecule has 0 bridgehead atoms. The Bertz CT molecular complexity index is 1080. The highest BCUT2D eigenvalue weighted by molar-refractivity contribution is 8.16. The first-order valence-corrected chi connectivity index (χ1v) is 14.0. The van der Waals surface area contributed by atoms with Gasteiger partial charge in [-0.3, -0.25) is 19.4 Å². The molecule has 0 radical (unpaired) electrons. The van der Waals surface area contributed by atoms with Crippen LogP contribution in [0.3, 0.4) is 0 Å². The molecule has 2 aliphatic heterocycles. The number of fused-ring (bicyclic) bond motifs is 1. The SMILES string of the molecule is CN1CCC2N=C(C(=O)N[C@@H]3C[C@@H](C(=O)N(C)C)CC[C@@H]3NC(=O)C(=S)Nc3ccc(Cl)cn3)SC2C1. The van der Waals surface area contributed by atoms with Gasteiger partial charge in [0.1, 0.15) is 5.82 Å². The lowest BCUT2D eigenvalue weighted by Crippen LogP contribution is -2.57. The fourth-order valence-electron chi connectivity index (χ4n) is 4.94. The maximum Gasteiger partial charge on any atom is 0.279 e. The molecule has 1 saturated carbocycles. The largest absolute Gasteiger partial charge is 0.349 e. The number of pyridine rings is 1. The van der Waals surface area contributed by atoms with Crippen molar-refractivity contribution in [3.8, 4) is 0 Å². The second-order valence-corrected chi connectivity index (χ2v) is 12.0. The van der Waals surface area contributed by atoms with Crippen LogP contribution in [0.15, 0.2) is 23.3 Å². The molecule has 4 rings (SSSR count). The Morgan fingerprint density at radius 2 is 1.95 bits per heavy atom. The number of thiocarbonyl (C=S) groups is 1. The zero-order chi connectivity index (χ0) is 26.7. The summed E-state index contributed by atoms with van der Waals surface area (Å²) in [5, 5.41) is 10.1. The monoisotopic (exact) mass is 565 g/mol. The van der Waals surface area contributed by atoms with Crippen LogP contribution in [0, 0.1) is 5.92 Å². The zero-order valence-electron chi connectivity index (χ0n) is 21.1. The van der Waals surface area contributed by atoms with E-state index < -0.39 is 11.9 Å². The third-order valence-corrected chi connectivity index (χ3v) is 8.71. The molecular formula is C24H32ClN7O3S2. The molecule has 0 spiro atoms. The second-order valence-electron chi connectivity index (χ2n) is 9.93. The van der Waals surface area contributed by atoms with Crippen LogP contribution in [-0.2, 0) is 14.4 Å². The van der Waals surface area contributed by atoms with Gasteiger partial charge in [-0.25, -0.2) is 4.98 Å². The number of aliphatic imine (C=N–C) groups is 1. The van der Waals surface area contributed by atoms with Crippen molar-refractivity contribution in [1.29, 1.82) is 0 Å². The number of nitrogens with one attached hydrogen (secondary N) is 3. The Morgan fingerprint density at radius 1 is 1.16 bits per heavy atom. The molecule has 2 fully saturated rings. The average Bonchev–Trinajstić information content (AvgIpc) is 3.29. The summed E-state index contributed by atoms with van der Waals surface area (Å²) in [5.74, 6) is -0.564. The minimum Gasteiger partial charge on any atom is -0.349 e. The number of carbonyl (C=O) groups excluding carboxylic acids is 3. The van der Waals surface area contributed by atoms with E-state index in [1.165, 1.54) is 18.0 Å². The van der Waals surface area contributed by atoms with Crippen molar-refractivity contribution in [2.24, 2.45) is 10.9 Å². The number of hydrogen-bond donors (Lipinski definition) is 3. The van der Waals surface area contributed by atoms with Gasteiger partial charge in [0.2, 0.25) is 5.91 Å². The minimum absolute atomic E-state index is 0.0108. The predicted molar refractivity (Wildman–Crippen MR) is 150 cm³/mol. The Morgan fingerprint density at radius 3 is 2.65 bits per heavy atom. The van der Waals surface area contributed by atoms with Crippen molar-refractivity contribution in [3.63, 3.8) is 0 Å². The summed E-state index contributed by atoms with van der Waals surface area (Å²) >= 11 is 12.6. The molecule has 1 aliphatic carbocycles. The molecule has 3 aliphatic rings. The van der Waals surface area contributed by atoms with Crippen molar-refractivity contribution in [2.75, 3.05) is 39.5 Å². The van der Waals surface area contributed by atoms with Crippen molar-refractivity contribution in [2.45, 2.75) is 49.1 Å². The summed E-state index contributed by atoms with van der Waals surface area (Å²) < 4.78 is 0. The molecule has 1 aromatic rings. The topological polar surface area (TPSA) is 119 Å². The van der Waals surface area contributed by atoms with Crippen LogP contribution in [0.2, 0.25) is 5.02 Å². The van der Waals surface area contributed by atoms with Crippen LogP contribution in [0.1, 0.15) is 25.7 Å². The molecule has 13 heteroatoms. The van der Waals surface area contributed by atoms with Gasteiger partial charge in [-0.1, -0.05) is 35.6 Å². The van der Waals surface area contributed by atoms with Crippen molar-refractivity contribution < 1.29 is 14.4 Å². The van der Waals surface area contributed by atoms with Gasteiger partial charge in [-0.2, -0.15) is 0 Å². The molecule has 3 heterocycles. The summed E-state index contributed by atoms with van der Waals surface area (Å²) in [6.07, 6.45) is 3.92. The fourth-order valence-corrected chi connectivity index (χ4v) is 6.55. The lowest BCUT2D eigenvalue weighted by molar-refractivity contribution is -0.134. The fraction of sp³-hybridized carbons (Fsp3) is 0.583. The molecule has 200 valence electrons. The normalized spacial score (nSPS) is 27.5. The van der Waals surface area contributed by atoms with Gasteiger partial charge in [0.25, 0.3) is 11.8 Å². The highest BCUT2D eigenvalue weighted by Gasteiger charge is 2.40. The van der Waals surface area contributed by atoms with Gasteiger partial charge >= 0.3 is 0 Å². The first-order chi connectivity index (χ1) is 17.6. The lowest BCUT2D eigenvalue weighted by atomic mass is 9.81. The predicted octanol–water partition coefficient (Wildman–Crippen LogP) is 1.55. The maximum absolute atomic E-state index is 13.2. The van der Waals surface area contributed by atoms with E-state index in [-0.39, 0.29) is 40.1 Å². The summed E-state index contributed by atoms with van der Waals surface area (Å²) in [7, 11) is 5.52. The van der Waals surface area contributed by atoms with Gasteiger partial charge in [0.15, 0.2) is 10.0 Å². The quantitative estimate of drug-likeness (QED) is 0.460. The van der Waals surface area contributed by atoms with Gasteiger partial charge in [-0.05, 0) is 51.4 Å². The number of thioether (sulfide) groups is 1. The van der Waals surface area contributed by atoms with E-state index in [0.717, 1.165) is 19.5 Å². The number of anilines is 1. The van der Waals surface area contributed by atoms with Gasteiger partial charge in [0.05, 0.1) is 17.1 Å². The van der Waals surface area contributed by atoms with E-state index in [0.29, 0.717) is 35.1 Å². The second kappa shape index (κ2) is 12.1. The van der Waals surface area contributed by atoms with Crippen LogP contribution in [0.4, 0.5) is 5.82 Å². The molecule has 1 saturated heterocycles. The Balaban J connectivity index is 1.42. The zero-order valence-corrected chi connectivity index (χ0v) is 23.5. The Hall–Kier alpha value is -2.28. The van der Waals surface area contributed by atoms with E-state index in [2.05, 4.69) is 32.9 Å². The lowest BCUT2D eigenvalue weighted by Gasteiger charge is -2.37. The van der Waals surface area contributed by atoms with Gasteiger partial charge in [0, 0.05) is 44.0 Å².